The van der Waals surface area contributed by atoms with Gasteiger partial charge < -0.3 is 44.7 Å². The zero-order valence-corrected chi connectivity index (χ0v) is 27.0. The minimum atomic E-state index is 0. The van der Waals surface area contributed by atoms with Crippen LogP contribution in [-0.4, -0.2) is 62.2 Å². The Hall–Kier alpha value is -3.22. The average Bonchev–Trinajstić information content (AvgIpc) is 2.87. The summed E-state index contributed by atoms with van der Waals surface area (Å²) in [5.41, 5.74) is 2.92. The highest BCUT2D eigenvalue weighted by Crippen LogP contribution is 2.31. The lowest BCUT2D eigenvalue weighted by Gasteiger charge is -2.25. The number of hydrogen-bond acceptors (Lipinski definition) is 0. The van der Waals surface area contributed by atoms with E-state index in [9.17, 15) is 0 Å². The number of quaternary nitrogens is 2. The lowest BCUT2D eigenvalue weighted by molar-refractivity contribution is -0.883. The molecule has 0 radical (unpaired) electrons. The van der Waals surface area contributed by atoms with Crippen molar-refractivity contribution in [3.63, 3.8) is 0 Å². The highest BCUT2D eigenvalue weighted by molar-refractivity contribution is 6.03. The second kappa shape index (κ2) is 14.8. The number of hydrogen-bond donors (Lipinski definition) is 0. The van der Waals surface area contributed by atoms with Gasteiger partial charge in [-0.1, -0.05) is 97.1 Å². The number of halogens is 2. The highest BCUT2D eigenvalue weighted by Gasteiger charge is 2.16. The number of fused-ring (bicyclic) bond motifs is 4. The van der Waals surface area contributed by atoms with Gasteiger partial charge in [0.15, 0.2) is 0 Å². The molecule has 4 N–H and O–H groups in total. The van der Waals surface area contributed by atoms with Crippen molar-refractivity contribution in [1.29, 1.82) is 0 Å². The Bertz CT molecular complexity index is 1520. The molecule has 0 saturated carbocycles. The van der Waals surface area contributed by atoms with Gasteiger partial charge in [-0.2, -0.15) is 0 Å². The third kappa shape index (κ3) is 8.42. The van der Waals surface area contributed by atoms with Gasteiger partial charge in [0.25, 0.3) is 0 Å². The fourth-order valence-electron chi connectivity index (χ4n) is 5.51. The maximum Gasteiger partial charge on any atom is 0.105 e. The van der Waals surface area contributed by atoms with E-state index in [1.807, 2.05) is 0 Å². The summed E-state index contributed by atoms with van der Waals surface area (Å²) in [5, 5.41) is 10.9. The maximum absolute atomic E-state index is 2.30. The minimum absolute atomic E-state index is 0. The van der Waals surface area contributed by atoms with Crippen molar-refractivity contribution in [3.8, 4) is 0 Å². The van der Waals surface area contributed by atoms with Crippen LogP contribution >= 0.6 is 0 Å². The summed E-state index contributed by atoms with van der Waals surface area (Å²) < 4.78 is 1.88. The summed E-state index contributed by atoms with van der Waals surface area (Å²) in [7, 11) is 13.5. The van der Waals surface area contributed by atoms with Crippen LogP contribution in [0.5, 0.6) is 0 Å². The van der Waals surface area contributed by atoms with Gasteiger partial charge in [0.05, 0.1) is 42.3 Å². The fraction of sp³-hybridized carbons (Fsp3) is 0.222. The minimum Gasteiger partial charge on any atom is -1.00 e. The second-order valence-electron chi connectivity index (χ2n) is 12.5. The van der Waals surface area contributed by atoms with E-state index in [1.165, 1.54) is 54.2 Å². The molecule has 6 aromatic carbocycles. The first-order valence-corrected chi connectivity index (χ1v) is 13.5. The van der Waals surface area contributed by atoms with Gasteiger partial charge in [0, 0.05) is 11.1 Å². The smallest absolute Gasteiger partial charge is 0.105 e. The largest absolute Gasteiger partial charge is 1.00 e. The molecule has 0 heterocycles. The van der Waals surface area contributed by atoms with E-state index in [4.69, 9.17) is 0 Å². The first kappa shape index (κ1) is 36.8. The summed E-state index contributed by atoms with van der Waals surface area (Å²) in [6.45, 7) is 2.09. The van der Waals surface area contributed by atoms with Crippen molar-refractivity contribution < 1.29 is 44.7 Å². The molecular formula is C36H44Cl2N2O2. The Morgan fingerprint density at radius 2 is 0.595 bits per heavy atom. The number of benzene rings is 6. The van der Waals surface area contributed by atoms with Crippen LogP contribution in [0.25, 0.3) is 43.1 Å². The second-order valence-corrected chi connectivity index (χ2v) is 12.5. The third-order valence-electron chi connectivity index (χ3n) is 7.03. The van der Waals surface area contributed by atoms with Crippen LogP contribution in [0.3, 0.4) is 0 Å². The Morgan fingerprint density at radius 1 is 0.381 bits per heavy atom. The lowest BCUT2D eigenvalue weighted by Crippen LogP contribution is -3.00. The quantitative estimate of drug-likeness (QED) is 0.210. The van der Waals surface area contributed by atoms with E-state index in [2.05, 4.69) is 151 Å². The van der Waals surface area contributed by atoms with Crippen molar-refractivity contribution in [1.82, 2.24) is 0 Å². The van der Waals surface area contributed by atoms with E-state index in [0.717, 1.165) is 22.1 Å². The molecule has 224 valence electrons. The molecule has 0 spiro atoms. The van der Waals surface area contributed by atoms with Gasteiger partial charge in [-0.15, -0.1) is 0 Å². The van der Waals surface area contributed by atoms with Gasteiger partial charge in [-0.3, -0.25) is 0 Å². The highest BCUT2D eigenvalue weighted by atomic mass is 35.5. The average molecular weight is 608 g/mol. The molecule has 6 aromatic rings. The van der Waals surface area contributed by atoms with E-state index in [0.29, 0.717) is 0 Å². The van der Waals surface area contributed by atoms with Crippen LogP contribution in [0.2, 0.25) is 0 Å². The molecule has 4 nitrogen and oxygen atoms in total. The molecule has 0 atom stereocenters. The topological polar surface area (TPSA) is 63.0 Å². The Kier molecular flexibility index (Phi) is 13.0. The van der Waals surface area contributed by atoms with Gasteiger partial charge >= 0.3 is 0 Å². The van der Waals surface area contributed by atoms with E-state index in [-0.39, 0.29) is 35.8 Å². The van der Waals surface area contributed by atoms with E-state index in [1.54, 1.807) is 0 Å². The van der Waals surface area contributed by atoms with Crippen LogP contribution in [0.1, 0.15) is 11.1 Å². The summed E-state index contributed by atoms with van der Waals surface area (Å²) in [5.74, 6) is 0. The van der Waals surface area contributed by atoms with Crippen LogP contribution in [0, 0.1) is 0 Å². The maximum atomic E-state index is 2.30. The molecule has 0 aliphatic carbocycles. The fourth-order valence-corrected chi connectivity index (χ4v) is 5.51. The molecule has 42 heavy (non-hydrogen) atoms. The lowest BCUT2D eigenvalue weighted by atomic mass is 9.96. The normalized spacial score (nSPS) is 11.0. The molecule has 0 aliphatic rings. The molecule has 0 amide bonds. The van der Waals surface area contributed by atoms with Gasteiger partial charge in [0.2, 0.25) is 0 Å². The predicted octanol–water partition coefficient (Wildman–Crippen LogP) is 0.757. The van der Waals surface area contributed by atoms with Crippen molar-refractivity contribution in [2.75, 3.05) is 42.3 Å². The molecule has 6 heteroatoms. The van der Waals surface area contributed by atoms with Crippen LogP contribution in [-0.2, 0) is 13.1 Å². The molecule has 0 bridgehead atoms. The van der Waals surface area contributed by atoms with Crippen LogP contribution in [0.4, 0.5) is 0 Å². The summed E-state index contributed by atoms with van der Waals surface area (Å²) in [6, 6.07) is 39.4. The van der Waals surface area contributed by atoms with Gasteiger partial charge in [-0.25, -0.2) is 0 Å². The molecule has 0 saturated heterocycles. The molecular weight excluding hydrogens is 563 g/mol. The van der Waals surface area contributed by atoms with Crippen LogP contribution in [0.15, 0.2) is 109 Å². The first-order valence-electron chi connectivity index (χ1n) is 13.5. The number of nitrogens with zero attached hydrogens (tertiary/aromatic N) is 2. The number of rotatable bonds is 4. The Balaban J connectivity index is 0.000000383. The van der Waals surface area contributed by atoms with Crippen molar-refractivity contribution in [2.24, 2.45) is 0 Å². The molecule has 6 rings (SSSR count). The van der Waals surface area contributed by atoms with Crippen LogP contribution < -0.4 is 24.8 Å². The standard InChI is InChI=1S/2C18H20N.2ClH.2H2O/c2*1-19(2,3)13-18-16-10-6-4-8-14(16)12-15-9-5-7-11-17(15)18;;;;/h2*4-12H,13H2,1-3H3;2*1H;2*1H2/q2*+1;;;;/p-2. The molecule has 0 unspecified atom stereocenters. The SMILES string of the molecule is C[N+](C)(C)Cc1c2ccccc2cc2ccccc12.C[N+](C)(C)Cc1c2ccccc2cc2ccccc12.O.O.[Cl-].[Cl-]. The first-order chi connectivity index (χ1) is 18.1. The van der Waals surface area contributed by atoms with E-state index < -0.39 is 0 Å². The van der Waals surface area contributed by atoms with Crippen molar-refractivity contribution >= 4 is 43.1 Å². The zero-order chi connectivity index (χ0) is 26.9. The van der Waals surface area contributed by atoms with Gasteiger partial charge in [0.1, 0.15) is 13.1 Å². The Morgan fingerprint density at radius 3 is 0.810 bits per heavy atom. The molecule has 0 fully saturated rings. The summed E-state index contributed by atoms with van der Waals surface area (Å²) in [6.07, 6.45) is 0. The Labute approximate surface area is 262 Å². The summed E-state index contributed by atoms with van der Waals surface area (Å²) >= 11 is 0. The van der Waals surface area contributed by atoms with Crippen molar-refractivity contribution in [3.05, 3.63) is 120 Å². The van der Waals surface area contributed by atoms with Gasteiger partial charge in [-0.05, 0) is 55.2 Å². The zero-order valence-electron chi connectivity index (χ0n) is 25.5. The third-order valence-corrected chi connectivity index (χ3v) is 7.03. The predicted molar refractivity (Wildman–Crippen MR) is 174 cm³/mol. The molecule has 0 aliphatic heterocycles. The van der Waals surface area contributed by atoms with Crippen molar-refractivity contribution in [2.45, 2.75) is 13.1 Å². The van der Waals surface area contributed by atoms with E-state index >= 15 is 0 Å². The summed E-state index contributed by atoms with van der Waals surface area (Å²) in [4.78, 5) is 0. The molecule has 0 aromatic heterocycles. The monoisotopic (exact) mass is 606 g/mol.